The zero-order valence-corrected chi connectivity index (χ0v) is 14.9. The average Bonchev–Trinajstić information content (AvgIpc) is 3.30. The van der Waals surface area contributed by atoms with E-state index in [-0.39, 0.29) is 23.9 Å². The third-order valence-electron chi connectivity index (χ3n) is 3.77. The van der Waals surface area contributed by atoms with Crippen molar-refractivity contribution in [3.05, 3.63) is 41.7 Å². The largest absolute Gasteiger partial charge is 0.379 e. The molecule has 0 fully saturated rings. The third-order valence-corrected chi connectivity index (χ3v) is 3.77. The van der Waals surface area contributed by atoms with Crippen molar-refractivity contribution >= 4 is 23.1 Å². The second-order valence-electron chi connectivity index (χ2n) is 5.63. The highest BCUT2D eigenvalue weighted by Crippen LogP contribution is 2.17. The Morgan fingerprint density at radius 2 is 2.07 bits per heavy atom. The third kappa shape index (κ3) is 4.08. The van der Waals surface area contributed by atoms with Gasteiger partial charge in [-0.15, -0.1) is 5.10 Å². The van der Waals surface area contributed by atoms with Crippen LogP contribution in [-0.4, -0.2) is 36.9 Å². The van der Waals surface area contributed by atoms with Crippen molar-refractivity contribution in [3.63, 3.8) is 0 Å². The van der Waals surface area contributed by atoms with E-state index in [9.17, 15) is 4.79 Å². The van der Waals surface area contributed by atoms with Gasteiger partial charge in [0, 0.05) is 11.4 Å². The first kappa shape index (κ1) is 18.0. The summed E-state index contributed by atoms with van der Waals surface area (Å²) in [4.78, 5) is 12.5. The van der Waals surface area contributed by atoms with Crippen molar-refractivity contribution in [1.82, 2.24) is 30.7 Å². The summed E-state index contributed by atoms with van der Waals surface area (Å²) in [6.45, 7) is 4.00. The summed E-state index contributed by atoms with van der Waals surface area (Å²) in [7, 11) is 0. The molecule has 0 aliphatic carbocycles. The number of hydrazone groups is 1. The number of nitrogen functional groups attached to an aromatic ring is 1. The lowest BCUT2D eigenvalue weighted by atomic mass is 10.2. The number of nitrogens with one attached hydrogen (secondary N) is 2. The summed E-state index contributed by atoms with van der Waals surface area (Å²) < 4.78 is 5.94. The SMILES string of the molecule is CC/C(C)=N\NC(=O)c1nnn(-c2nonc2N)c1CNc1ccccc1. The number of hydrogen-bond acceptors (Lipinski definition) is 9. The maximum atomic E-state index is 12.5. The highest BCUT2D eigenvalue weighted by molar-refractivity contribution is 5.94. The molecule has 0 bridgehead atoms. The number of benzene rings is 1. The molecule has 27 heavy (non-hydrogen) atoms. The maximum absolute atomic E-state index is 12.5. The molecule has 3 aromatic rings. The molecule has 1 aromatic carbocycles. The van der Waals surface area contributed by atoms with Crippen LogP contribution in [0, 0.1) is 0 Å². The van der Waals surface area contributed by atoms with Crippen LogP contribution in [0.15, 0.2) is 40.1 Å². The Bertz CT molecular complexity index is 946. The topological polar surface area (TPSA) is 149 Å². The van der Waals surface area contributed by atoms with Crippen LogP contribution in [0.2, 0.25) is 0 Å². The molecule has 140 valence electrons. The first-order valence-electron chi connectivity index (χ1n) is 8.25. The molecule has 0 saturated carbocycles. The molecule has 0 unspecified atom stereocenters. The summed E-state index contributed by atoms with van der Waals surface area (Å²) in [5.41, 5.74) is 10.4. The minimum absolute atomic E-state index is 0.0349. The van der Waals surface area contributed by atoms with Crippen LogP contribution in [0.1, 0.15) is 36.5 Å². The molecule has 11 nitrogen and oxygen atoms in total. The average molecular weight is 369 g/mol. The fourth-order valence-electron chi connectivity index (χ4n) is 2.16. The number of carbonyl (C=O) groups excluding carboxylic acids is 1. The lowest BCUT2D eigenvalue weighted by Crippen LogP contribution is -2.22. The molecule has 0 atom stereocenters. The van der Waals surface area contributed by atoms with Crippen molar-refractivity contribution in [3.8, 4) is 5.82 Å². The Kier molecular flexibility index (Phi) is 5.40. The highest BCUT2D eigenvalue weighted by atomic mass is 16.6. The minimum Gasteiger partial charge on any atom is -0.379 e. The molecule has 1 amide bonds. The molecule has 11 heteroatoms. The van der Waals surface area contributed by atoms with E-state index in [0.717, 1.165) is 17.8 Å². The van der Waals surface area contributed by atoms with E-state index < -0.39 is 5.91 Å². The summed E-state index contributed by atoms with van der Waals surface area (Å²) in [6, 6.07) is 9.50. The normalized spacial score (nSPS) is 11.4. The molecule has 0 saturated heterocycles. The number of amides is 1. The van der Waals surface area contributed by atoms with Gasteiger partial charge in [0.25, 0.3) is 5.91 Å². The molecule has 0 spiro atoms. The van der Waals surface area contributed by atoms with Gasteiger partial charge in [-0.25, -0.2) is 10.1 Å². The van der Waals surface area contributed by atoms with E-state index in [1.54, 1.807) is 0 Å². The number of nitrogens with two attached hydrogens (primary N) is 1. The highest BCUT2D eigenvalue weighted by Gasteiger charge is 2.23. The first-order valence-corrected chi connectivity index (χ1v) is 8.25. The molecule has 0 aliphatic heterocycles. The molecular formula is C16H19N9O2. The van der Waals surface area contributed by atoms with Crippen molar-refractivity contribution in [2.24, 2.45) is 5.10 Å². The van der Waals surface area contributed by atoms with Crippen molar-refractivity contribution in [1.29, 1.82) is 0 Å². The zero-order valence-electron chi connectivity index (χ0n) is 14.9. The van der Waals surface area contributed by atoms with Gasteiger partial charge in [-0.2, -0.15) is 9.78 Å². The standard InChI is InChI=1S/C16H19N9O2/c1-3-10(2)19-21-16(26)13-12(9-18-11-7-5-4-6-8-11)25(24-20-13)15-14(17)22-27-23-15/h4-8,18H,3,9H2,1-2H3,(H2,17,22)(H,21,26)/b19-10-. The zero-order chi connectivity index (χ0) is 19.2. The van der Waals surface area contributed by atoms with E-state index in [0.29, 0.717) is 5.69 Å². The number of carbonyl (C=O) groups is 1. The molecule has 2 aromatic heterocycles. The van der Waals surface area contributed by atoms with E-state index in [1.807, 2.05) is 44.2 Å². The Hall–Kier alpha value is -3.76. The van der Waals surface area contributed by atoms with Crippen LogP contribution in [0.25, 0.3) is 5.82 Å². The number of aromatic nitrogens is 5. The van der Waals surface area contributed by atoms with Crippen molar-refractivity contribution in [2.75, 3.05) is 11.1 Å². The molecule has 0 aliphatic rings. The predicted molar refractivity (Wildman–Crippen MR) is 98.3 cm³/mol. The van der Waals surface area contributed by atoms with Crippen LogP contribution in [-0.2, 0) is 6.54 Å². The Morgan fingerprint density at radius 3 is 2.74 bits per heavy atom. The molecular weight excluding hydrogens is 350 g/mol. The summed E-state index contributed by atoms with van der Waals surface area (Å²) in [6.07, 6.45) is 0.719. The fourth-order valence-corrected chi connectivity index (χ4v) is 2.16. The monoisotopic (exact) mass is 369 g/mol. The number of hydrogen-bond donors (Lipinski definition) is 3. The quantitative estimate of drug-likeness (QED) is 0.417. The van der Waals surface area contributed by atoms with Gasteiger partial charge in [-0.05, 0) is 35.8 Å². The van der Waals surface area contributed by atoms with Crippen LogP contribution < -0.4 is 16.5 Å². The lowest BCUT2D eigenvalue weighted by Gasteiger charge is -2.08. The fraction of sp³-hybridized carbons (Fsp3) is 0.250. The van der Waals surface area contributed by atoms with Crippen LogP contribution in [0.4, 0.5) is 11.5 Å². The molecule has 4 N–H and O–H groups in total. The summed E-state index contributed by atoms with van der Waals surface area (Å²) in [5, 5.41) is 22.4. The van der Waals surface area contributed by atoms with E-state index >= 15 is 0 Å². The maximum Gasteiger partial charge on any atom is 0.293 e. The van der Waals surface area contributed by atoms with Crippen LogP contribution in [0.5, 0.6) is 0 Å². The first-order chi connectivity index (χ1) is 13.1. The predicted octanol–water partition coefficient (Wildman–Crippen LogP) is 1.36. The van der Waals surface area contributed by atoms with Crippen molar-refractivity contribution < 1.29 is 9.42 Å². The van der Waals surface area contributed by atoms with Gasteiger partial charge in [0.1, 0.15) is 0 Å². The van der Waals surface area contributed by atoms with Gasteiger partial charge in [0.2, 0.25) is 11.6 Å². The lowest BCUT2D eigenvalue weighted by molar-refractivity contribution is 0.0948. The number of rotatable bonds is 7. The van der Waals surface area contributed by atoms with Crippen molar-refractivity contribution in [2.45, 2.75) is 26.8 Å². The Labute approximate surface area is 154 Å². The number of nitrogens with zero attached hydrogens (tertiary/aromatic N) is 6. The van der Waals surface area contributed by atoms with Gasteiger partial charge < -0.3 is 11.1 Å². The van der Waals surface area contributed by atoms with Gasteiger partial charge in [0.05, 0.1) is 12.2 Å². The Balaban J connectivity index is 1.92. The van der Waals surface area contributed by atoms with Crippen LogP contribution >= 0.6 is 0 Å². The molecule has 0 radical (unpaired) electrons. The van der Waals surface area contributed by atoms with E-state index in [1.165, 1.54) is 4.68 Å². The molecule has 2 heterocycles. The second-order valence-corrected chi connectivity index (χ2v) is 5.63. The number of para-hydroxylation sites is 1. The minimum atomic E-state index is -0.492. The molecule has 3 rings (SSSR count). The smallest absolute Gasteiger partial charge is 0.293 e. The van der Waals surface area contributed by atoms with Gasteiger partial charge in [0.15, 0.2) is 5.69 Å². The van der Waals surface area contributed by atoms with E-state index in [4.69, 9.17) is 5.73 Å². The summed E-state index contributed by atoms with van der Waals surface area (Å²) >= 11 is 0. The number of anilines is 2. The van der Waals surface area contributed by atoms with Gasteiger partial charge in [-0.1, -0.05) is 30.3 Å². The Morgan fingerprint density at radius 1 is 1.30 bits per heavy atom. The summed E-state index contributed by atoms with van der Waals surface area (Å²) in [5.74, 6) is -0.304. The van der Waals surface area contributed by atoms with E-state index in [2.05, 4.69) is 41.1 Å². The second kappa shape index (κ2) is 8.08. The van der Waals surface area contributed by atoms with Gasteiger partial charge >= 0.3 is 0 Å². The van der Waals surface area contributed by atoms with Gasteiger partial charge in [-0.3, -0.25) is 4.79 Å². The van der Waals surface area contributed by atoms with Crippen LogP contribution in [0.3, 0.4) is 0 Å².